The molecule has 1 heterocycles. The number of unbranched alkanes of at least 4 members (excludes halogenated alkanes) is 6. The van der Waals surface area contributed by atoms with Gasteiger partial charge < -0.3 is 0 Å². The van der Waals surface area contributed by atoms with E-state index in [4.69, 9.17) is 0 Å². The maximum absolute atomic E-state index is 2.51. The molecule has 1 rings (SSSR count). The summed E-state index contributed by atoms with van der Waals surface area (Å²) < 4.78 is 5.01. The molecule has 0 N–H and O–H groups in total. The molecule has 2 nitrogen and oxygen atoms in total. The molecule has 0 radical (unpaired) electrons. The zero-order chi connectivity index (χ0) is 14.6. The van der Waals surface area contributed by atoms with Gasteiger partial charge in [-0.1, -0.05) is 52.9 Å². The van der Waals surface area contributed by atoms with E-state index in [2.05, 4.69) is 42.3 Å². The molecule has 0 atom stereocenters. The molecule has 20 heavy (non-hydrogen) atoms. The Balaban J connectivity index is 2.58. The van der Waals surface area contributed by atoms with Crippen molar-refractivity contribution in [2.24, 2.45) is 0 Å². The summed E-state index contributed by atoms with van der Waals surface area (Å²) in [6.45, 7) is 9.24. The Hall–Kier alpha value is -0.790. The summed E-state index contributed by atoms with van der Waals surface area (Å²) in [5, 5.41) is 0. The van der Waals surface area contributed by atoms with Gasteiger partial charge in [0.15, 0.2) is 0 Å². The third-order valence-corrected chi connectivity index (χ3v) is 4.10. The lowest BCUT2D eigenvalue weighted by Gasteiger charge is -2.05. The second kappa shape index (κ2) is 10.9. The first-order valence-corrected chi connectivity index (χ1v) is 8.90. The van der Waals surface area contributed by atoms with Gasteiger partial charge in [0.05, 0.1) is 13.1 Å². The molecule has 0 amide bonds. The van der Waals surface area contributed by atoms with Crippen LogP contribution in [0.5, 0.6) is 0 Å². The van der Waals surface area contributed by atoms with Gasteiger partial charge in [0.1, 0.15) is 12.4 Å². The Bertz CT molecular complexity index is 341. The molecule has 0 bridgehead atoms. The summed E-state index contributed by atoms with van der Waals surface area (Å²) in [5.41, 5.74) is 0. The quantitative estimate of drug-likeness (QED) is 0.380. The lowest BCUT2D eigenvalue weighted by Crippen LogP contribution is -2.37. The van der Waals surface area contributed by atoms with Crippen molar-refractivity contribution >= 4 is 0 Å². The first-order chi connectivity index (χ1) is 9.83. The van der Waals surface area contributed by atoms with Crippen LogP contribution < -0.4 is 4.57 Å². The van der Waals surface area contributed by atoms with E-state index in [1.54, 1.807) is 5.82 Å². The van der Waals surface area contributed by atoms with E-state index in [9.17, 15) is 0 Å². The van der Waals surface area contributed by atoms with Gasteiger partial charge in [-0.3, -0.25) is 0 Å². The Morgan fingerprint density at radius 1 is 0.850 bits per heavy atom. The summed E-state index contributed by atoms with van der Waals surface area (Å²) in [6.07, 6.45) is 17.8. The fourth-order valence-electron chi connectivity index (χ4n) is 2.76. The molecule has 1 aromatic heterocycles. The number of nitrogens with zero attached hydrogens (tertiary/aromatic N) is 2. The second-order valence-electron chi connectivity index (χ2n) is 5.97. The Kier molecular flexibility index (Phi) is 9.44. The number of hydrogen-bond acceptors (Lipinski definition) is 0. The minimum atomic E-state index is 1.19. The number of rotatable bonds is 12. The lowest BCUT2D eigenvalue weighted by atomic mass is 10.1. The van der Waals surface area contributed by atoms with Gasteiger partial charge in [-0.2, -0.15) is 0 Å². The maximum Gasteiger partial charge on any atom is 0.256 e. The molecule has 0 fully saturated rings. The van der Waals surface area contributed by atoms with Crippen molar-refractivity contribution < 1.29 is 4.57 Å². The highest BCUT2D eigenvalue weighted by Crippen LogP contribution is 2.08. The molecule has 0 spiro atoms. The minimum Gasteiger partial charge on any atom is -0.234 e. The van der Waals surface area contributed by atoms with Gasteiger partial charge in [0, 0.05) is 6.42 Å². The van der Waals surface area contributed by atoms with Crippen molar-refractivity contribution in [1.82, 2.24) is 4.57 Å². The predicted molar refractivity (Wildman–Crippen MR) is 86.9 cm³/mol. The molecule has 0 unspecified atom stereocenters. The average Bonchev–Trinajstić information content (AvgIpc) is 2.84. The lowest BCUT2D eigenvalue weighted by molar-refractivity contribution is -0.704. The van der Waals surface area contributed by atoms with Crippen molar-refractivity contribution in [3.05, 3.63) is 18.2 Å². The summed E-state index contributed by atoms with van der Waals surface area (Å²) >= 11 is 0. The Morgan fingerprint density at radius 2 is 1.55 bits per heavy atom. The molecule has 0 saturated heterocycles. The highest BCUT2D eigenvalue weighted by Gasteiger charge is 2.15. The Labute approximate surface area is 126 Å². The van der Waals surface area contributed by atoms with Crippen LogP contribution in [0.2, 0.25) is 0 Å². The van der Waals surface area contributed by atoms with Crippen molar-refractivity contribution in [3.8, 4) is 0 Å². The van der Waals surface area contributed by atoms with Crippen LogP contribution in [0.15, 0.2) is 12.4 Å². The fraction of sp³-hybridized carbons (Fsp3) is 0.833. The van der Waals surface area contributed by atoms with E-state index in [0.29, 0.717) is 0 Å². The van der Waals surface area contributed by atoms with Gasteiger partial charge >= 0.3 is 0 Å². The molecule has 0 saturated carbocycles. The highest BCUT2D eigenvalue weighted by atomic mass is 15.1. The zero-order valence-electron chi connectivity index (χ0n) is 14.0. The third-order valence-electron chi connectivity index (χ3n) is 4.10. The van der Waals surface area contributed by atoms with Gasteiger partial charge in [-0.05, 0) is 25.7 Å². The number of aryl methyl sites for hydroxylation is 2. The fourth-order valence-corrected chi connectivity index (χ4v) is 2.76. The minimum absolute atomic E-state index is 1.19. The molecular weight excluding hydrogens is 244 g/mol. The van der Waals surface area contributed by atoms with Crippen LogP contribution in [-0.2, 0) is 19.5 Å². The number of aromatic nitrogens is 2. The van der Waals surface area contributed by atoms with Crippen LogP contribution in [-0.4, -0.2) is 4.57 Å². The number of hydrogen-bond donors (Lipinski definition) is 0. The standard InChI is InChI=1S/C18H35N2/c1-4-7-10-11-13-18-19(14-9-6-3)16-17-20(18)15-12-8-5-2/h16-17H,4-15H2,1-3H3/q+1. The zero-order valence-corrected chi connectivity index (χ0v) is 14.0. The van der Waals surface area contributed by atoms with Gasteiger partial charge in [-0.15, -0.1) is 0 Å². The summed E-state index contributed by atoms with van der Waals surface area (Å²) in [4.78, 5) is 0. The van der Waals surface area contributed by atoms with Crippen LogP contribution >= 0.6 is 0 Å². The molecule has 0 aliphatic carbocycles. The van der Waals surface area contributed by atoms with E-state index >= 15 is 0 Å². The third kappa shape index (κ3) is 6.11. The van der Waals surface area contributed by atoms with E-state index < -0.39 is 0 Å². The monoisotopic (exact) mass is 279 g/mol. The molecule has 0 aliphatic heterocycles. The predicted octanol–water partition coefficient (Wildman–Crippen LogP) is 4.89. The van der Waals surface area contributed by atoms with Crippen LogP contribution in [0.1, 0.15) is 84.4 Å². The average molecular weight is 279 g/mol. The topological polar surface area (TPSA) is 8.81 Å². The molecule has 2 heteroatoms. The molecular formula is C18H35N2+. The molecule has 0 aliphatic rings. The Morgan fingerprint density at radius 3 is 2.25 bits per heavy atom. The molecule has 1 aromatic rings. The van der Waals surface area contributed by atoms with Crippen LogP contribution in [0.3, 0.4) is 0 Å². The van der Waals surface area contributed by atoms with Crippen molar-refractivity contribution in [3.63, 3.8) is 0 Å². The second-order valence-corrected chi connectivity index (χ2v) is 5.97. The largest absolute Gasteiger partial charge is 0.256 e. The van der Waals surface area contributed by atoms with Crippen molar-refractivity contribution in [2.75, 3.05) is 0 Å². The van der Waals surface area contributed by atoms with Gasteiger partial charge in [-0.25, -0.2) is 9.13 Å². The first-order valence-electron chi connectivity index (χ1n) is 8.90. The van der Waals surface area contributed by atoms with Gasteiger partial charge in [0.2, 0.25) is 0 Å². The van der Waals surface area contributed by atoms with Crippen molar-refractivity contribution in [1.29, 1.82) is 0 Å². The normalized spacial score (nSPS) is 11.2. The summed E-state index contributed by atoms with van der Waals surface area (Å²) in [6, 6.07) is 0. The smallest absolute Gasteiger partial charge is 0.234 e. The first kappa shape index (κ1) is 17.3. The van der Waals surface area contributed by atoms with Crippen LogP contribution in [0, 0.1) is 0 Å². The van der Waals surface area contributed by atoms with Crippen LogP contribution in [0.25, 0.3) is 0 Å². The maximum atomic E-state index is 2.51. The number of imidazole rings is 1. The van der Waals surface area contributed by atoms with E-state index in [1.165, 1.54) is 77.3 Å². The van der Waals surface area contributed by atoms with E-state index in [1.807, 2.05) is 0 Å². The molecule has 116 valence electrons. The van der Waals surface area contributed by atoms with Gasteiger partial charge in [0.25, 0.3) is 5.82 Å². The van der Waals surface area contributed by atoms with E-state index in [-0.39, 0.29) is 0 Å². The van der Waals surface area contributed by atoms with Crippen LogP contribution in [0.4, 0.5) is 0 Å². The van der Waals surface area contributed by atoms with Crippen molar-refractivity contribution in [2.45, 2.75) is 98.1 Å². The molecule has 0 aromatic carbocycles. The highest BCUT2D eigenvalue weighted by molar-refractivity contribution is 4.84. The SMILES string of the molecule is CCCCCCc1n(CCCC)cc[n+]1CCCCC. The summed E-state index contributed by atoms with van der Waals surface area (Å²) in [7, 11) is 0. The van der Waals surface area contributed by atoms with E-state index in [0.717, 1.165) is 0 Å². The summed E-state index contributed by atoms with van der Waals surface area (Å²) in [5.74, 6) is 1.56.